The molecule has 0 aromatic rings. The number of nitriles is 1. The Kier molecular flexibility index (Phi) is 2.40. The van der Waals surface area contributed by atoms with Crippen LogP contribution in [0.5, 0.6) is 0 Å². The summed E-state index contributed by atoms with van der Waals surface area (Å²) in [4.78, 5) is 0. The lowest BCUT2D eigenvalue weighted by molar-refractivity contribution is 0.224. The Morgan fingerprint density at radius 2 is 1.77 bits per heavy atom. The van der Waals surface area contributed by atoms with Crippen LogP contribution >= 0.6 is 0 Å². The maximum Gasteiger partial charge on any atom is 0.0943 e. The van der Waals surface area contributed by atoms with Gasteiger partial charge in [0.15, 0.2) is 0 Å². The molecular weight excluding hydrogens is 158 g/mol. The van der Waals surface area contributed by atoms with E-state index in [1.165, 1.54) is 44.9 Å². The summed E-state index contributed by atoms with van der Waals surface area (Å²) in [5.74, 6) is 0. The molecule has 1 nitrogen and oxygen atoms in total. The highest BCUT2D eigenvalue weighted by Crippen LogP contribution is 2.45. The molecule has 0 unspecified atom stereocenters. The van der Waals surface area contributed by atoms with Crippen molar-refractivity contribution in [3.63, 3.8) is 0 Å². The van der Waals surface area contributed by atoms with Gasteiger partial charge in [-0.1, -0.05) is 25.3 Å². The van der Waals surface area contributed by atoms with Crippen molar-refractivity contribution in [1.29, 1.82) is 5.26 Å². The number of rotatable bonds is 0. The third kappa shape index (κ3) is 1.77. The van der Waals surface area contributed by atoms with Crippen molar-refractivity contribution in [2.45, 2.75) is 51.4 Å². The first-order valence-electron chi connectivity index (χ1n) is 5.47. The lowest BCUT2D eigenvalue weighted by atomic mass is 9.67. The third-order valence-corrected chi connectivity index (χ3v) is 3.59. The predicted octanol–water partition coefficient (Wildman–Crippen LogP) is 3.57. The normalized spacial score (nSPS) is 26.5. The number of hydrogen-bond acceptors (Lipinski definition) is 1. The van der Waals surface area contributed by atoms with Crippen LogP contribution in [-0.2, 0) is 0 Å². The molecule has 0 radical (unpaired) electrons. The molecule has 1 fully saturated rings. The molecule has 1 spiro atoms. The molecule has 13 heavy (non-hydrogen) atoms. The summed E-state index contributed by atoms with van der Waals surface area (Å²) >= 11 is 0. The van der Waals surface area contributed by atoms with Crippen LogP contribution in [0.15, 0.2) is 11.6 Å². The molecule has 1 saturated carbocycles. The second-order valence-corrected chi connectivity index (χ2v) is 4.56. The fourth-order valence-corrected chi connectivity index (χ4v) is 2.88. The molecule has 0 heterocycles. The summed E-state index contributed by atoms with van der Waals surface area (Å²) in [6.45, 7) is 0. The Hall–Kier alpha value is -0.770. The monoisotopic (exact) mass is 175 g/mol. The van der Waals surface area contributed by atoms with Gasteiger partial charge in [-0.2, -0.15) is 5.26 Å². The predicted molar refractivity (Wildman–Crippen MR) is 53.1 cm³/mol. The van der Waals surface area contributed by atoms with Crippen molar-refractivity contribution >= 4 is 0 Å². The minimum Gasteiger partial charge on any atom is -0.193 e. The molecule has 1 heteroatoms. The van der Waals surface area contributed by atoms with E-state index in [1.807, 2.05) is 0 Å². The quantitative estimate of drug-likeness (QED) is 0.552. The van der Waals surface area contributed by atoms with Crippen molar-refractivity contribution in [3.05, 3.63) is 11.6 Å². The standard InChI is InChI=1S/C12H17N/c13-10-11-5-4-8-12(9-11)6-2-1-3-7-12/h9H,1-8H2. The maximum atomic E-state index is 8.89. The lowest BCUT2D eigenvalue weighted by Crippen LogP contribution is -2.24. The van der Waals surface area contributed by atoms with Crippen molar-refractivity contribution in [2.24, 2.45) is 5.41 Å². The molecular formula is C12H17N. The fraction of sp³-hybridized carbons (Fsp3) is 0.750. The molecule has 2 aliphatic carbocycles. The Bertz CT molecular complexity index is 251. The topological polar surface area (TPSA) is 23.8 Å². The van der Waals surface area contributed by atoms with Crippen molar-refractivity contribution < 1.29 is 0 Å². The summed E-state index contributed by atoms with van der Waals surface area (Å²) in [6, 6.07) is 2.34. The zero-order valence-electron chi connectivity index (χ0n) is 8.18. The van der Waals surface area contributed by atoms with E-state index in [0.717, 1.165) is 12.0 Å². The van der Waals surface area contributed by atoms with Crippen LogP contribution in [0.4, 0.5) is 0 Å². The summed E-state index contributed by atoms with van der Waals surface area (Å²) in [5, 5.41) is 8.89. The largest absolute Gasteiger partial charge is 0.193 e. The Labute approximate surface area is 80.4 Å². The van der Waals surface area contributed by atoms with Crippen molar-refractivity contribution in [1.82, 2.24) is 0 Å². The van der Waals surface area contributed by atoms with E-state index in [1.54, 1.807) is 0 Å². The highest BCUT2D eigenvalue weighted by molar-refractivity contribution is 5.26. The molecule has 2 rings (SSSR count). The lowest BCUT2D eigenvalue weighted by Gasteiger charge is -2.37. The van der Waals surface area contributed by atoms with Crippen LogP contribution in [0, 0.1) is 16.7 Å². The van der Waals surface area contributed by atoms with Gasteiger partial charge in [-0.3, -0.25) is 0 Å². The number of hydrogen-bond donors (Lipinski definition) is 0. The van der Waals surface area contributed by atoms with Crippen LogP contribution in [-0.4, -0.2) is 0 Å². The minimum atomic E-state index is 0.446. The molecule has 2 aliphatic rings. The van der Waals surface area contributed by atoms with E-state index in [9.17, 15) is 0 Å². The first kappa shape index (κ1) is 8.81. The molecule has 0 bridgehead atoms. The molecule has 70 valence electrons. The first-order valence-corrected chi connectivity index (χ1v) is 5.47. The van der Waals surface area contributed by atoms with Crippen LogP contribution < -0.4 is 0 Å². The first-order chi connectivity index (χ1) is 6.35. The van der Waals surface area contributed by atoms with E-state index in [2.05, 4.69) is 12.1 Å². The zero-order chi connectivity index (χ0) is 9.15. The van der Waals surface area contributed by atoms with E-state index in [-0.39, 0.29) is 0 Å². The molecule has 0 atom stereocenters. The third-order valence-electron chi connectivity index (χ3n) is 3.59. The zero-order valence-corrected chi connectivity index (χ0v) is 8.18. The van der Waals surface area contributed by atoms with Gasteiger partial charge in [-0.25, -0.2) is 0 Å². The highest BCUT2D eigenvalue weighted by Gasteiger charge is 2.32. The van der Waals surface area contributed by atoms with Gasteiger partial charge in [-0.15, -0.1) is 0 Å². The molecule has 0 amide bonds. The minimum absolute atomic E-state index is 0.446. The second kappa shape index (κ2) is 3.54. The van der Waals surface area contributed by atoms with Gasteiger partial charge < -0.3 is 0 Å². The fourth-order valence-electron chi connectivity index (χ4n) is 2.88. The van der Waals surface area contributed by atoms with E-state index >= 15 is 0 Å². The van der Waals surface area contributed by atoms with E-state index in [0.29, 0.717) is 5.41 Å². The average molecular weight is 175 g/mol. The number of nitrogens with zero attached hydrogens (tertiary/aromatic N) is 1. The highest BCUT2D eigenvalue weighted by atomic mass is 14.4. The summed E-state index contributed by atoms with van der Waals surface area (Å²) < 4.78 is 0. The van der Waals surface area contributed by atoms with Crippen molar-refractivity contribution in [2.75, 3.05) is 0 Å². The summed E-state index contributed by atoms with van der Waals surface area (Å²) in [5.41, 5.74) is 1.50. The van der Waals surface area contributed by atoms with Gasteiger partial charge in [0.1, 0.15) is 0 Å². The van der Waals surface area contributed by atoms with Crippen molar-refractivity contribution in [3.8, 4) is 6.07 Å². The van der Waals surface area contributed by atoms with E-state index in [4.69, 9.17) is 5.26 Å². The smallest absolute Gasteiger partial charge is 0.0943 e. The van der Waals surface area contributed by atoms with Crippen LogP contribution in [0.2, 0.25) is 0 Å². The Morgan fingerprint density at radius 3 is 2.46 bits per heavy atom. The van der Waals surface area contributed by atoms with Gasteiger partial charge in [0, 0.05) is 5.57 Å². The van der Waals surface area contributed by atoms with E-state index < -0.39 is 0 Å². The summed E-state index contributed by atoms with van der Waals surface area (Å²) in [7, 11) is 0. The Morgan fingerprint density at radius 1 is 1.08 bits per heavy atom. The molecule has 0 aromatic heterocycles. The average Bonchev–Trinajstić information content (AvgIpc) is 2.19. The van der Waals surface area contributed by atoms with Crippen LogP contribution in [0.3, 0.4) is 0 Å². The van der Waals surface area contributed by atoms with Crippen LogP contribution in [0.25, 0.3) is 0 Å². The Balaban J connectivity index is 2.17. The number of allylic oxidation sites excluding steroid dienone is 2. The molecule has 0 N–H and O–H groups in total. The second-order valence-electron chi connectivity index (χ2n) is 4.56. The molecule has 0 aromatic carbocycles. The van der Waals surface area contributed by atoms with Gasteiger partial charge in [0.05, 0.1) is 6.07 Å². The van der Waals surface area contributed by atoms with Gasteiger partial charge in [-0.05, 0) is 37.5 Å². The SMILES string of the molecule is N#CC1=CC2(CCCCC2)CCC1. The van der Waals surface area contributed by atoms with Crippen LogP contribution in [0.1, 0.15) is 51.4 Å². The summed E-state index contributed by atoms with van der Waals surface area (Å²) in [6.07, 6.45) is 12.7. The van der Waals surface area contributed by atoms with Gasteiger partial charge in [0.2, 0.25) is 0 Å². The maximum absolute atomic E-state index is 8.89. The van der Waals surface area contributed by atoms with Gasteiger partial charge in [0.25, 0.3) is 0 Å². The molecule has 0 aliphatic heterocycles. The van der Waals surface area contributed by atoms with Gasteiger partial charge >= 0.3 is 0 Å². The molecule has 0 saturated heterocycles.